The van der Waals surface area contributed by atoms with Crippen molar-refractivity contribution in [3.8, 4) is 0 Å². The van der Waals surface area contributed by atoms with Crippen LogP contribution in [-0.2, 0) is 16.1 Å². The van der Waals surface area contributed by atoms with Gasteiger partial charge in [-0.15, -0.1) is 0 Å². The predicted molar refractivity (Wildman–Crippen MR) is 149 cm³/mol. The smallest absolute Gasteiger partial charge is 0.406 e. The molecule has 9 nitrogen and oxygen atoms in total. The summed E-state index contributed by atoms with van der Waals surface area (Å²) in [5, 5.41) is 5.67. The first-order valence-electron chi connectivity index (χ1n) is 12.9. The average molecular weight is 518 g/mol. The molecule has 4 rings (SSSR count). The third-order valence-corrected chi connectivity index (χ3v) is 6.45. The van der Waals surface area contributed by atoms with Crippen molar-refractivity contribution in [2.75, 3.05) is 55.5 Å². The Labute approximate surface area is 223 Å². The number of fused-ring (bicyclic) bond motifs is 1. The van der Waals surface area contributed by atoms with Crippen LogP contribution >= 0.6 is 0 Å². The largest absolute Gasteiger partial charge is 0.449 e. The van der Waals surface area contributed by atoms with Crippen LogP contribution in [0.5, 0.6) is 0 Å². The third kappa shape index (κ3) is 6.60. The maximum absolute atomic E-state index is 13.6. The molecule has 0 saturated carbocycles. The van der Waals surface area contributed by atoms with Crippen LogP contribution in [0.2, 0.25) is 0 Å². The highest BCUT2D eigenvalue weighted by molar-refractivity contribution is 6.10. The van der Waals surface area contributed by atoms with Crippen molar-refractivity contribution in [2.45, 2.75) is 26.1 Å². The van der Waals surface area contributed by atoms with Gasteiger partial charge in [-0.2, -0.15) is 0 Å². The van der Waals surface area contributed by atoms with E-state index in [9.17, 15) is 9.59 Å². The second kappa shape index (κ2) is 12.9. The zero-order chi connectivity index (χ0) is 26.9. The summed E-state index contributed by atoms with van der Waals surface area (Å²) in [5.41, 5.74) is 4.21. The fraction of sp³-hybridized carbons (Fsp3) is 0.345. The van der Waals surface area contributed by atoms with E-state index in [1.807, 2.05) is 74.6 Å². The topological polar surface area (TPSA) is 96.0 Å². The Bertz CT molecular complexity index is 1240. The highest BCUT2D eigenvalue weighted by atomic mass is 16.5. The second-order valence-electron chi connectivity index (χ2n) is 9.05. The van der Waals surface area contributed by atoms with Gasteiger partial charge in [0.05, 0.1) is 30.6 Å². The molecule has 2 N–H and O–H groups in total. The zero-order valence-corrected chi connectivity index (χ0v) is 22.1. The van der Waals surface area contributed by atoms with E-state index in [-0.39, 0.29) is 18.6 Å². The molecule has 3 aromatic rings. The normalized spacial score (nSPS) is 13.9. The summed E-state index contributed by atoms with van der Waals surface area (Å²) in [6.07, 6.45) is 1.46. The summed E-state index contributed by atoms with van der Waals surface area (Å²) in [5.74, 6) is 0.679. The van der Waals surface area contributed by atoms with Crippen molar-refractivity contribution < 1.29 is 19.1 Å². The van der Waals surface area contributed by atoms with Crippen LogP contribution in [-0.4, -0.2) is 57.3 Å². The van der Waals surface area contributed by atoms with E-state index in [0.717, 1.165) is 34.9 Å². The van der Waals surface area contributed by atoms with Gasteiger partial charge in [0.2, 0.25) is 0 Å². The molecule has 0 saturated heterocycles. The monoisotopic (exact) mass is 517 g/mol. The van der Waals surface area contributed by atoms with Crippen LogP contribution in [0, 0.1) is 0 Å². The van der Waals surface area contributed by atoms with Crippen LogP contribution in [0.4, 0.5) is 22.0 Å². The van der Waals surface area contributed by atoms with E-state index in [4.69, 9.17) is 9.47 Å². The molecule has 0 bridgehead atoms. The van der Waals surface area contributed by atoms with Crippen LogP contribution in [0.3, 0.4) is 0 Å². The minimum Gasteiger partial charge on any atom is -0.449 e. The Morgan fingerprint density at radius 1 is 1.11 bits per heavy atom. The predicted octanol–water partition coefficient (Wildman–Crippen LogP) is 4.61. The average Bonchev–Trinajstić information content (AvgIpc) is 3.07. The Morgan fingerprint density at radius 2 is 1.92 bits per heavy atom. The number of hydrogen-bond donors (Lipinski definition) is 2. The molecule has 2 aromatic carbocycles. The molecular formula is C29H35N5O4. The van der Waals surface area contributed by atoms with E-state index in [0.29, 0.717) is 31.7 Å². The molecule has 2 heterocycles. The minimum atomic E-state index is -0.466. The molecule has 0 radical (unpaired) electrons. The molecule has 38 heavy (non-hydrogen) atoms. The van der Waals surface area contributed by atoms with Gasteiger partial charge in [0, 0.05) is 58.1 Å². The second-order valence-corrected chi connectivity index (χ2v) is 9.05. The van der Waals surface area contributed by atoms with Gasteiger partial charge in [-0.25, -0.2) is 9.78 Å². The molecule has 2 amide bonds. The van der Waals surface area contributed by atoms with Gasteiger partial charge in [-0.05, 0) is 30.2 Å². The van der Waals surface area contributed by atoms with Crippen molar-refractivity contribution in [1.29, 1.82) is 0 Å². The Kier molecular flexibility index (Phi) is 9.16. The van der Waals surface area contributed by atoms with Crippen molar-refractivity contribution in [1.82, 2.24) is 10.3 Å². The summed E-state index contributed by atoms with van der Waals surface area (Å²) in [7, 11) is 3.52. The number of rotatable bonds is 10. The summed E-state index contributed by atoms with van der Waals surface area (Å²) in [6, 6.07) is 19.7. The van der Waals surface area contributed by atoms with Gasteiger partial charge >= 0.3 is 6.09 Å². The van der Waals surface area contributed by atoms with Gasteiger partial charge in [0.1, 0.15) is 5.82 Å². The number of nitrogens with zero attached hydrogens (tertiary/aromatic N) is 3. The molecular weight excluding hydrogens is 482 g/mol. The van der Waals surface area contributed by atoms with E-state index >= 15 is 0 Å². The molecule has 9 heteroatoms. The summed E-state index contributed by atoms with van der Waals surface area (Å²) < 4.78 is 11.5. The number of nitrogens with one attached hydrogen (secondary N) is 2. The first-order valence-corrected chi connectivity index (χ1v) is 12.9. The highest BCUT2D eigenvalue weighted by Crippen LogP contribution is 2.30. The third-order valence-electron chi connectivity index (χ3n) is 6.45. The van der Waals surface area contributed by atoms with Crippen LogP contribution < -0.4 is 20.4 Å². The molecule has 1 unspecified atom stereocenters. The molecule has 1 aromatic heterocycles. The Balaban J connectivity index is 1.49. The van der Waals surface area contributed by atoms with E-state index < -0.39 is 6.09 Å². The molecule has 1 aliphatic rings. The van der Waals surface area contributed by atoms with E-state index in [2.05, 4.69) is 20.5 Å². The first kappa shape index (κ1) is 26.9. The van der Waals surface area contributed by atoms with Crippen molar-refractivity contribution >= 4 is 29.2 Å². The zero-order valence-electron chi connectivity index (χ0n) is 22.1. The number of amides is 2. The summed E-state index contributed by atoms with van der Waals surface area (Å²) in [6.45, 7) is 4.60. The number of likely N-dealkylation sites (N-methyl/N-ethyl adjacent to an activating group) is 1. The van der Waals surface area contributed by atoms with Crippen molar-refractivity contribution in [3.63, 3.8) is 0 Å². The first-order chi connectivity index (χ1) is 18.5. The maximum Gasteiger partial charge on any atom is 0.406 e. The number of aromatic nitrogens is 1. The number of alkyl carbamates (subject to hydrolysis) is 1. The summed E-state index contributed by atoms with van der Waals surface area (Å²) in [4.78, 5) is 33.4. The Morgan fingerprint density at radius 3 is 2.68 bits per heavy atom. The lowest BCUT2D eigenvalue weighted by molar-refractivity contribution is 0.0199. The van der Waals surface area contributed by atoms with Crippen LogP contribution in [0.1, 0.15) is 40.9 Å². The highest BCUT2D eigenvalue weighted by Gasteiger charge is 2.27. The lowest BCUT2D eigenvalue weighted by Crippen LogP contribution is -2.33. The van der Waals surface area contributed by atoms with E-state index in [1.165, 1.54) is 7.05 Å². The lowest BCUT2D eigenvalue weighted by Gasteiger charge is -2.22. The van der Waals surface area contributed by atoms with Gasteiger partial charge in [0.15, 0.2) is 0 Å². The number of hydrogen-bond acceptors (Lipinski definition) is 7. The standard InChI is InChI=1S/C29H35N5O4/c1-4-31-27-18-25-24(19-32-27)28(35)34(15-14-33(25)3)23-12-8-9-21(17-23)20-38-26(13-16-37-29(36)30-2)22-10-6-5-7-11-22/h5-12,17-19,26H,4,13-16,20H2,1-3H3,(H,30,36)(H,31,32). The lowest BCUT2D eigenvalue weighted by atomic mass is 10.1. The molecule has 1 atom stereocenters. The van der Waals surface area contributed by atoms with Crippen LogP contribution in [0.15, 0.2) is 66.9 Å². The molecule has 1 aliphatic heterocycles. The number of anilines is 3. The molecule has 0 aliphatic carbocycles. The van der Waals surface area contributed by atoms with Crippen LogP contribution in [0.25, 0.3) is 0 Å². The minimum absolute atomic E-state index is 0.0773. The number of ether oxygens (including phenoxy) is 2. The molecule has 0 fully saturated rings. The Hall–Kier alpha value is -4.11. The van der Waals surface area contributed by atoms with E-state index in [1.54, 1.807) is 11.1 Å². The van der Waals surface area contributed by atoms with Gasteiger partial charge < -0.3 is 29.9 Å². The number of carbonyl (C=O) groups excluding carboxylic acids is 2. The van der Waals surface area contributed by atoms with Gasteiger partial charge in [0.25, 0.3) is 5.91 Å². The van der Waals surface area contributed by atoms with Gasteiger partial charge in [-0.1, -0.05) is 42.5 Å². The van der Waals surface area contributed by atoms with Gasteiger partial charge in [-0.3, -0.25) is 4.79 Å². The van der Waals surface area contributed by atoms with Crippen molar-refractivity contribution in [3.05, 3.63) is 83.6 Å². The fourth-order valence-corrected chi connectivity index (χ4v) is 4.42. The van der Waals surface area contributed by atoms with Crippen molar-refractivity contribution in [2.24, 2.45) is 0 Å². The fourth-order valence-electron chi connectivity index (χ4n) is 4.42. The maximum atomic E-state index is 13.6. The quantitative estimate of drug-likeness (QED) is 0.405. The number of pyridine rings is 1. The molecule has 200 valence electrons. The number of carbonyl (C=O) groups is 2. The summed E-state index contributed by atoms with van der Waals surface area (Å²) >= 11 is 0. The SMILES string of the molecule is CCNc1cc2c(cn1)C(=O)N(c1cccc(COC(CCOC(=O)NC)c3ccccc3)c1)CCN2C. The number of benzene rings is 2. The molecule has 0 spiro atoms.